The first-order valence-corrected chi connectivity index (χ1v) is 5.44. The molecule has 0 N–H and O–H groups in total. The Morgan fingerprint density at radius 3 is 2.59 bits per heavy atom. The van der Waals surface area contributed by atoms with Crippen molar-refractivity contribution >= 4 is 11.5 Å². The van der Waals surface area contributed by atoms with Crippen molar-refractivity contribution in [3.63, 3.8) is 0 Å². The largest absolute Gasteiger partial charge is 0.453 e. The van der Waals surface area contributed by atoms with Crippen molar-refractivity contribution in [3.05, 3.63) is 66.3 Å². The SMILES string of the molecule is C=CC1=C(C=C)C(OC(C)=O)c2ccccc21. The maximum atomic E-state index is 11.2. The number of carbonyl (C=O) groups excluding carboxylic acids is 1. The first-order valence-electron chi connectivity index (χ1n) is 5.44. The van der Waals surface area contributed by atoms with E-state index in [-0.39, 0.29) is 12.1 Å². The molecule has 2 nitrogen and oxygen atoms in total. The van der Waals surface area contributed by atoms with E-state index in [0.29, 0.717) is 0 Å². The highest BCUT2D eigenvalue weighted by atomic mass is 16.5. The molecule has 0 amide bonds. The van der Waals surface area contributed by atoms with E-state index in [2.05, 4.69) is 13.2 Å². The highest BCUT2D eigenvalue weighted by Gasteiger charge is 2.30. The fourth-order valence-electron chi connectivity index (χ4n) is 2.17. The predicted molar refractivity (Wildman–Crippen MR) is 68.3 cm³/mol. The molecule has 0 aromatic heterocycles. The Kier molecular flexibility index (Phi) is 2.96. The van der Waals surface area contributed by atoms with Gasteiger partial charge in [0.05, 0.1) is 0 Å². The number of allylic oxidation sites excluding steroid dienone is 2. The smallest absolute Gasteiger partial charge is 0.303 e. The number of carbonyl (C=O) groups is 1. The summed E-state index contributed by atoms with van der Waals surface area (Å²) in [5.74, 6) is -0.297. The molecular formula is C15H14O2. The first-order chi connectivity index (χ1) is 8.19. The van der Waals surface area contributed by atoms with Crippen molar-refractivity contribution in [1.82, 2.24) is 0 Å². The van der Waals surface area contributed by atoms with Gasteiger partial charge >= 0.3 is 5.97 Å². The second kappa shape index (κ2) is 4.42. The average Bonchev–Trinajstić information content (AvgIpc) is 2.62. The molecule has 1 aromatic carbocycles. The Labute approximate surface area is 101 Å². The van der Waals surface area contributed by atoms with Crippen LogP contribution in [0.2, 0.25) is 0 Å². The molecular weight excluding hydrogens is 212 g/mol. The summed E-state index contributed by atoms with van der Waals surface area (Å²) in [4.78, 5) is 11.2. The maximum Gasteiger partial charge on any atom is 0.303 e. The van der Waals surface area contributed by atoms with Crippen LogP contribution in [0, 0.1) is 0 Å². The number of esters is 1. The number of hydrogen-bond donors (Lipinski definition) is 0. The molecule has 1 aliphatic rings. The van der Waals surface area contributed by atoms with Gasteiger partial charge in [-0.1, -0.05) is 49.6 Å². The zero-order chi connectivity index (χ0) is 12.4. The summed E-state index contributed by atoms with van der Waals surface area (Å²) in [6, 6.07) is 7.85. The molecule has 1 atom stereocenters. The van der Waals surface area contributed by atoms with Crippen LogP contribution in [0.5, 0.6) is 0 Å². The minimum atomic E-state index is -0.353. The first kappa shape index (κ1) is 11.4. The van der Waals surface area contributed by atoms with Gasteiger partial charge in [0.2, 0.25) is 0 Å². The van der Waals surface area contributed by atoms with E-state index in [0.717, 1.165) is 22.3 Å². The van der Waals surface area contributed by atoms with Crippen LogP contribution in [0.15, 0.2) is 55.1 Å². The lowest BCUT2D eigenvalue weighted by Crippen LogP contribution is -2.07. The number of rotatable bonds is 3. The van der Waals surface area contributed by atoms with E-state index in [4.69, 9.17) is 4.74 Å². The standard InChI is InChI=1S/C15H14O2/c1-4-11-12(5-2)15(17-10(3)16)14-9-7-6-8-13(11)14/h4-9,15H,1-2H2,3H3. The van der Waals surface area contributed by atoms with Crippen LogP contribution in [-0.4, -0.2) is 5.97 Å². The second-order valence-electron chi connectivity index (χ2n) is 3.85. The fraction of sp³-hybridized carbons (Fsp3) is 0.133. The van der Waals surface area contributed by atoms with Gasteiger partial charge in [-0.2, -0.15) is 0 Å². The molecule has 17 heavy (non-hydrogen) atoms. The molecule has 1 unspecified atom stereocenters. The molecule has 1 aliphatic carbocycles. The Morgan fingerprint density at radius 1 is 1.29 bits per heavy atom. The zero-order valence-corrected chi connectivity index (χ0v) is 9.77. The van der Waals surface area contributed by atoms with Gasteiger partial charge in [0.15, 0.2) is 6.10 Å². The van der Waals surface area contributed by atoms with Crippen molar-refractivity contribution in [2.45, 2.75) is 13.0 Å². The molecule has 0 saturated heterocycles. The molecule has 1 aromatic rings. The van der Waals surface area contributed by atoms with Crippen molar-refractivity contribution in [1.29, 1.82) is 0 Å². The Morgan fingerprint density at radius 2 is 2.00 bits per heavy atom. The van der Waals surface area contributed by atoms with Crippen LogP contribution >= 0.6 is 0 Å². The van der Waals surface area contributed by atoms with E-state index < -0.39 is 0 Å². The highest BCUT2D eigenvalue weighted by Crippen LogP contribution is 2.43. The van der Waals surface area contributed by atoms with Crippen molar-refractivity contribution < 1.29 is 9.53 Å². The number of ether oxygens (including phenoxy) is 1. The molecule has 86 valence electrons. The normalized spacial score (nSPS) is 17.6. The summed E-state index contributed by atoms with van der Waals surface area (Å²) in [5.41, 5.74) is 3.94. The van der Waals surface area contributed by atoms with E-state index in [1.54, 1.807) is 12.2 Å². The lowest BCUT2D eigenvalue weighted by atomic mass is 10.1. The van der Waals surface area contributed by atoms with E-state index in [9.17, 15) is 4.79 Å². The van der Waals surface area contributed by atoms with Gasteiger partial charge in [0.1, 0.15) is 0 Å². The number of benzene rings is 1. The second-order valence-corrected chi connectivity index (χ2v) is 3.85. The molecule has 2 rings (SSSR count). The zero-order valence-electron chi connectivity index (χ0n) is 9.77. The summed E-state index contributed by atoms with van der Waals surface area (Å²) in [6.07, 6.45) is 3.15. The third-order valence-electron chi connectivity index (χ3n) is 2.83. The minimum absolute atomic E-state index is 0.297. The van der Waals surface area contributed by atoms with E-state index in [1.165, 1.54) is 6.92 Å². The van der Waals surface area contributed by atoms with Crippen LogP contribution in [0.1, 0.15) is 24.2 Å². The van der Waals surface area contributed by atoms with Gasteiger partial charge in [0.25, 0.3) is 0 Å². The number of hydrogen-bond acceptors (Lipinski definition) is 2. The van der Waals surface area contributed by atoms with Gasteiger partial charge in [0, 0.05) is 18.1 Å². The van der Waals surface area contributed by atoms with Gasteiger partial charge in [-0.15, -0.1) is 0 Å². The lowest BCUT2D eigenvalue weighted by molar-refractivity contribution is -0.144. The Balaban J connectivity index is 2.58. The summed E-state index contributed by atoms with van der Waals surface area (Å²) in [7, 11) is 0. The molecule has 0 radical (unpaired) electrons. The Hall–Kier alpha value is -2.09. The quantitative estimate of drug-likeness (QED) is 0.738. The van der Waals surface area contributed by atoms with Gasteiger partial charge in [-0.05, 0) is 11.1 Å². The van der Waals surface area contributed by atoms with Gasteiger partial charge in [-0.3, -0.25) is 4.79 Å². The monoisotopic (exact) mass is 226 g/mol. The van der Waals surface area contributed by atoms with Crippen LogP contribution < -0.4 is 0 Å². The van der Waals surface area contributed by atoms with Gasteiger partial charge < -0.3 is 4.74 Å². The minimum Gasteiger partial charge on any atom is -0.453 e. The van der Waals surface area contributed by atoms with Crippen molar-refractivity contribution in [2.24, 2.45) is 0 Å². The fourth-order valence-corrected chi connectivity index (χ4v) is 2.17. The summed E-state index contributed by atoms with van der Waals surface area (Å²) >= 11 is 0. The molecule has 0 aliphatic heterocycles. The third kappa shape index (κ3) is 1.82. The van der Waals surface area contributed by atoms with Crippen molar-refractivity contribution in [2.75, 3.05) is 0 Å². The molecule has 2 heteroatoms. The van der Waals surface area contributed by atoms with Crippen LogP contribution in [-0.2, 0) is 9.53 Å². The maximum absolute atomic E-state index is 11.2. The summed E-state index contributed by atoms with van der Waals surface area (Å²) < 4.78 is 5.36. The van der Waals surface area contributed by atoms with Gasteiger partial charge in [-0.25, -0.2) is 0 Å². The average molecular weight is 226 g/mol. The van der Waals surface area contributed by atoms with E-state index >= 15 is 0 Å². The molecule has 0 bridgehead atoms. The van der Waals surface area contributed by atoms with E-state index in [1.807, 2.05) is 24.3 Å². The highest BCUT2D eigenvalue weighted by molar-refractivity contribution is 5.86. The lowest BCUT2D eigenvalue weighted by Gasteiger charge is -2.14. The summed E-state index contributed by atoms with van der Waals surface area (Å²) in [5, 5.41) is 0. The molecule has 0 spiro atoms. The molecule has 0 saturated carbocycles. The van der Waals surface area contributed by atoms with Crippen LogP contribution in [0.3, 0.4) is 0 Å². The van der Waals surface area contributed by atoms with Crippen LogP contribution in [0.4, 0.5) is 0 Å². The number of fused-ring (bicyclic) bond motifs is 1. The Bertz CT molecular complexity index is 523. The van der Waals surface area contributed by atoms with Crippen molar-refractivity contribution in [3.8, 4) is 0 Å². The summed E-state index contributed by atoms with van der Waals surface area (Å²) in [6.45, 7) is 9.00. The molecule has 0 heterocycles. The van der Waals surface area contributed by atoms with Crippen LogP contribution in [0.25, 0.3) is 5.57 Å². The topological polar surface area (TPSA) is 26.3 Å². The molecule has 0 fully saturated rings. The predicted octanol–water partition coefficient (Wildman–Crippen LogP) is 3.43. The third-order valence-corrected chi connectivity index (χ3v) is 2.83.